The fourth-order valence-electron chi connectivity index (χ4n) is 8.55. The second kappa shape index (κ2) is 9.81. The largest absolute Gasteiger partial charge is 0.475 e. The number of alkyl halides is 1. The van der Waals surface area contributed by atoms with Gasteiger partial charge in [-0.2, -0.15) is 9.97 Å². The van der Waals surface area contributed by atoms with Gasteiger partial charge in [0.15, 0.2) is 5.82 Å². The molecule has 0 spiro atoms. The molecular weight excluding hydrogens is 562 g/mol. The van der Waals surface area contributed by atoms with Crippen molar-refractivity contribution in [2.45, 2.75) is 61.9 Å². The molecule has 8 nitrogen and oxygen atoms in total. The molecule has 7 heterocycles. The highest BCUT2D eigenvalue weighted by Gasteiger charge is 2.50. The van der Waals surface area contributed by atoms with Gasteiger partial charge in [0.25, 0.3) is 0 Å². The van der Waals surface area contributed by atoms with E-state index in [4.69, 9.17) is 24.4 Å². The number of ether oxygens (including phenoxy) is 2. The number of piperazine rings is 1. The quantitative estimate of drug-likeness (QED) is 0.334. The standard InChI is InChI=1S/C34H34F2N6O2/c1-2-19-6-3-7-20-8-4-9-23(26(19)20)29-28(36)30-27-31(42-16-22-10-11-24(37-22)25(42)17-43-32(27)38-29)40-33(39-30)44-18-34-12-5-13-41(34)15-21(35)14-34/h2-4,6-9,21-22,24-25,37H,1,5,10-18H2/t21-,22?,24?,25?,34+/m1/s1. The molecule has 0 aliphatic carbocycles. The average Bonchev–Trinajstić information content (AvgIpc) is 3.67. The topological polar surface area (TPSA) is 75.6 Å². The van der Waals surface area contributed by atoms with E-state index in [-0.39, 0.29) is 41.5 Å². The van der Waals surface area contributed by atoms with Gasteiger partial charge in [-0.25, -0.2) is 13.8 Å². The van der Waals surface area contributed by atoms with Crippen LogP contribution in [0, 0.1) is 5.82 Å². The Morgan fingerprint density at radius 2 is 2.00 bits per heavy atom. The van der Waals surface area contributed by atoms with Crippen molar-refractivity contribution < 1.29 is 18.3 Å². The van der Waals surface area contributed by atoms with E-state index in [0.29, 0.717) is 48.3 Å². The Morgan fingerprint density at radius 3 is 2.89 bits per heavy atom. The number of nitrogens with one attached hydrogen (secondary N) is 1. The van der Waals surface area contributed by atoms with Crippen LogP contribution in [0.4, 0.5) is 14.6 Å². The third kappa shape index (κ3) is 3.89. The van der Waals surface area contributed by atoms with E-state index in [1.807, 2.05) is 36.4 Å². The molecular formula is C34H34F2N6O2. The SMILES string of the molecule is C=Cc1cccc2cccc(-c3nc4c5c(nc(OC[C@@]67CCCN6C[C@H](F)C7)nc5c3F)N3CC5CCC(N5)C3CO4)c12. The predicted molar refractivity (Wildman–Crippen MR) is 165 cm³/mol. The molecule has 2 aromatic carbocycles. The van der Waals surface area contributed by atoms with Gasteiger partial charge in [0.1, 0.15) is 41.8 Å². The number of pyridine rings is 1. The van der Waals surface area contributed by atoms with Crippen LogP contribution in [-0.2, 0) is 0 Å². The number of hydrogen-bond acceptors (Lipinski definition) is 8. The first-order chi connectivity index (χ1) is 21.5. The average molecular weight is 597 g/mol. The number of hydrogen-bond donors (Lipinski definition) is 1. The molecule has 4 aromatic rings. The summed E-state index contributed by atoms with van der Waals surface area (Å²) in [4.78, 5) is 18.9. The minimum absolute atomic E-state index is 0.0105. The minimum atomic E-state index is -0.870. The fraction of sp³-hybridized carbons (Fsp3) is 0.441. The summed E-state index contributed by atoms with van der Waals surface area (Å²) in [5, 5.41) is 6.02. The lowest BCUT2D eigenvalue weighted by Gasteiger charge is -2.40. The summed E-state index contributed by atoms with van der Waals surface area (Å²) in [6, 6.07) is 12.4. The molecule has 1 N–H and O–H groups in total. The summed E-state index contributed by atoms with van der Waals surface area (Å²) in [6.45, 7) is 6.68. The Labute approximate surface area is 254 Å². The first-order valence-corrected chi connectivity index (χ1v) is 15.7. The molecule has 3 unspecified atom stereocenters. The van der Waals surface area contributed by atoms with Crippen molar-refractivity contribution >= 4 is 33.6 Å². The number of rotatable bonds is 5. The Balaban J connectivity index is 1.23. The van der Waals surface area contributed by atoms with Gasteiger partial charge in [-0.3, -0.25) is 4.90 Å². The van der Waals surface area contributed by atoms with Crippen molar-refractivity contribution in [2.24, 2.45) is 0 Å². The first kappa shape index (κ1) is 26.5. The normalized spacial score (nSPS) is 29.0. The van der Waals surface area contributed by atoms with Gasteiger partial charge >= 0.3 is 6.01 Å². The van der Waals surface area contributed by atoms with E-state index in [1.54, 1.807) is 6.08 Å². The van der Waals surface area contributed by atoms with Gasteiger partial charge in [0, 0.05) is 37.2 Å². The van der Waals surface area contributed by atoms with Gasteiger partial charge < -0.3 is 19.7 Å². The van der Waals surface area contributed by atoms with Crippen LogP contribution >= 0.6 is 0 Å². The van der Waals surface area contributed by atoms with E-state index < -0.39 is 12.0 Å². The zero-order valence-electron chi connectivity index (χ0n) is 24.4. The molecule has 4 saturated heterocycles. The maximum absolute atomic E-state index is 17.0. The molecule has 226 valence electrons. The van der Waals surface area contributed by atoms with E-state index >= 15 is 4.39 Å². The van der Waals surface area contributed by atoms with E-state index in [2.05, 4.69) is 21.7 Å². The molecule has 0 amide bonds. The summed E-state index contributed by atoms with van der Waals surface area (Å²) < 4.78 is 44.2. The van der Waals surface area contributed by atoms with E-state index in [9.17, 15) is 4.39 Å². The predicted octanol–water partition coefficient (Wildman–Crippen LogP) is 5.28. The van der Waals surface area contributed by atoms with Crippen LogP contribution in [0.15, 0.2) is 43.0 Å². The van der Waals surface area contributed by atoms with Crippen LogP contribution in [0.2, 0.25) is 0 Å². The number of nitrogens with zero attached hydrogens (tertiary/aromatic N) is 5. The molecule has 2 aromatic heterocycles. The molecule has 10 heteroatoms. The summed E-state index contributed by atoms with van der Waals surface area (Å²) in [5.41, 5.74) is 1.45. The molecule has 0 radical (unpaired) electrons. The second-order valence-electron chi connectivity index (χ2n) is 13.0. The van der Waals surface area contributed by atoms with Crippen molar-refractivity contribution in [3.8, 4) is 23.1 Å². The third-order valence-electron chi connectivity index (χ3n) is 10.6. The summed E-state index contributed by atoms with van der Waals surface area (Å²) in [7, 11) is 0. The lowest BCUT2D eigenvalue weighted by atomic mass is 9.95. The van der Waals surface area contributed by atoms with Crippen molar-refractivity contribution in [3.05, 3.63) is 54.4 Å². The number of anilines is 1. The fourth-order valence-corrected chi connectivity index (χ4v) is 8.55. The number of benzene rings is 2. The van der Waals surface area contributed by atoms with Gasteiger partial charge in [0.2, 0.25) is 5.88 Å². The molecule has 4 fully saturated rings. The zero-order chi connectivity index (χ0) is 29.6. The Morgan fingerprint density at radius 1 is 1.11 bits per heavy atom. The van der Waals surface area contributed by atoms with Gasteiger partial charge in [-0.1, -0.05) is 49.1 Å². The molecule has 5 aliphatic heterocycles. The summed E-state index contributed by atoms with van der Waals surface area (Å²) in [6.07, 6.45) is 5.33. The van der Waals surface area contributed by atoms with Gasteiger partial charge in [0.05, 0.1) is 11.6 Å². The molecule has 0 saturated carbocycles. The molecule has 2 bridgehead atoms. The highest BCUT2D eigenvalue weighted by molar-refractivity contribution is 6.04. The summed E-state index contributed by atoms with van der Waals surface area (Å²) in [5.74, 6) is 0.376. The molecule has 5 atom stereocenters. The van der Waals surface area contributed by atoms with Crippen LogP contribution in [-0.4, -0.2) is 82.5 Å². The lowest BCUT2D eigenvalue weighted by molar-refractivity contribution is 0.107. The van der Waals surface area contributed by atoms with Crippen LogP contribution in [0.3, 0.4) is 0 Å². The third-order valence-corrected chi connectivity index (χ3v) is 10.6. The van der Waals surface area contributed by atoms with Crippen molar-refractivity contribution in [2.75, 3.05) is 37.7 Å². The maximum atomic E-state index is 17.0. The number of halogens is 2. The minimum Gasteiger partial charge on any atom is -0.475 e. The van der Waals surface area contributed by atoms with Gasteiger partial charge in [-0.05, 0) is 48.6 Å². The maximum Gasteiger partial charge on any atom is 0.319 e. The van der Waals surface area contributed by atoms with Crippen molar-refractivity contribution in [3.63, 3.8) is 0 Å². The Hall–Kier alpha value is -3.89. The van der Waals surface area contributed by atoms with Crippen molar-refractivity contribution in [1.82, 2.24) is 25.2 Å². The summed E-state index contributed by atoms with van der Waals surface area (Å²) >= 11 is 0. The van der Waals surface area contributed by atoms with Crippen LogP contribution in [0.1, 0.15) is 37.7 Å². The monoisotopic (exact) mass is 596 g/mol. The number of fused-ring (bicyclic) bond motifs is 7. The second-order valence-corrected chi connectivity index (χ2v) is 13.0. The molecule has 5 aliphatic rings. The Kier molecular flexibility index (Phi) is 5.91. The smallest absolute Gasteiger partial charge is 0.319 e. The van der Waals surface area contributed by atoms with E-state index in [0.717, 1.165) is 55.1 Å². The highest BCUT2D eigenvalue weighted by atomic mass is 19.1. The van der Waals surface area contributed by atoms with Crippen molar-refractivity contribution in [1.29, 1.82) is 0 Å². The van der Waals surface area contributed by atoms with Crippen LogP contribution in [0.5, 0.6) is 11.9 Å². The molecule has 9 rings (SSSR count). The first-order valence-electron chi connectivity index (χ1n) is 15.7. The zero-order valence-corrected chi connectivity index (χ0v) is 24.4. The highest BCUT2D eigenvalue weighted by Crippen LogP contribution is 2.45. The molecule has 44 heavy (non-hydrogen) atoms. The van der Waals surface area contributed by atoms with E-state index in [1.165, 1.54) is 0 Å². The van der Waals surface area contributed by atoms with Crippen LogP contribution < -0.4 is 19.7 Å². The Bertz CT molecular complexity index is 1830. The number of aromatic nitrogens is 3. The van der Waals surface area contributed by atoms with Gasteiger partial charge in [-0.15, -0.1) is 0 Å². The lowest BCUT2D eigenvalue weighted by Crippen LogP contribution is -2.60. The van der Waals surface area contributed by atoms with Crippen LogP contribution in [0.25, 0.3) is 39.0 Å².